The Bertz CT molecular complexity index is 1010. The van der Waals surface area contributed by atoms with Crippen LogP contribution in [0.5, 0.6) is 11.5 Å². The van der Waals surface area contributed by atoms with E-state index in [0.29, 0.717) is 33.6 Å². The molecule has 2 aromatic carbocycles. The average molecular weight is 381 g/mol. The SMILES string of the molecule is COc1ccc(C(=O)Nc2nc(-c3ccc4c(c3)NC(=O)CO4)cs2)cc1. The second kappa shape index (κ2) is 7.08. The Morgan fingerprint density at radius 1 is 1.26 bits per heavy atom. The number of methoxy groups -OCH3 is 1. The lowest BCUT2D eigenvalue weighted by atomic mass is 10.1. The Kier molecular flexibility index (Phi) is 4.47. The van der Waals surface area contributed by atoms with E-state index in [1.54, 1.807) is 43.5 Å². The fourth-order valence-corrected chi connectivity index (χ4v) is 3.33. The van der Waals surface area contributed by atoms with Crippen molar-refractivity contribution in [1.82, 2.24) is 4.98 Å². The highest BCUT2D eigenvalue weighted by atomic mass is 32.1. The fraction of sp³-hybridized carbons (Fsp3) is 0.105. The number of anilines is 2. The van der Waals surface area contributed by atoms with Gasteiger partial charge in [-0.2, -0.15) is 0 Å². The van der Waals surface area contributed by atoms with Gasteiger partial charge in [0.2, 0.25) is 0 Å². The molecular weight excluding hydrogens is 366 g/mol. The number of carbonyl (C=O) groups is 2. The summed E-state index contributed by atoms with van der Waals surface area (Å²) in [4.78, 5) is 28.3. The Labute approximate surface area is 159 Å². The first kappa shape index (κ1) is 17.0. The van der Waals surface area contributed by atoms with E-state index in [1.807, 2.05) is 11.4 Å². The molecule has 0 aliphatic carbocycles. The zero-order valence-electron chi connectivity index (χ0n) is 14.3. The predicted octanol–water partition coefficient (Wildman–Crippen LogP) is 3.40. The summed E-state index contributed by atoms with van der Waals surface area (Å²) in [6.07, 6.45) is 0. The number of nitrogens with one attached hydrogen (secondary N) is 2. The van der Waals surface area contributed by atoms with Crippen LogP contribution in [0.2, 0.25) is 0 Å². The Hall–Kier alpha value is -3.39. The molecule has 1 aliphatic rings. The van der Waals surface area contributed by atoms with Gasteiger partial charge in [0.1, 0.15) is 11.5 Å². The molecule has 0 spiro atoms. The lowest BCUT2D eigenvalue weighted by Gasteiger charge is -2.18. The van der Waals surface area contributed by atoms with Crippen LogP contribution in [0.15, 0.2) is 47.8 Å². The van der Waals surface area contributed by atoms with Gasteiger partial charge in [0.15, 0.2) is 11.7 Å². The molecule has 3 aromatic rings. The lowest BCUT2D eigenvalue weighted by molar-refractivity contribution is -0.118. The summed E-state index contributed by atoms with van der Waals surface area (Å²) >= 11 is 1.33. The highest BCUT2D eigenvalue weighted by Crippen LogP contribution is 2.33. The van der Waals surface area contributed by atoms with Crippen molar-refractivity contribution in [2.45, 2.75) is 0 Å². The van der Waals surface area contributed by atoms with Crippen molar-refractivity contribution in [3.8, 4) is 22.8 Å². The minimum absolute atomic E-state index is 0.0184. The van der Waals surface area contributed by atoms with Crippen molar-refractivity contribution in [2.75, 3.05) is 24.4 Å². The van der Waals surface area contributed by atoms with E-state index in [9.17, 15) is 9.59 Å². The first-order chi connectivity index (χ1) is 13.1. The van der Waals surface area contributed by atoms with Crippen molar-refractivity contribution >= 4 is 34.0 Å². The van der Waals surface area contributed by atoms with Gasteiger partial charge in [-0.05, 0) is 42.5 Å². The molecular formula is C19H15N3O4S. The van der Waals surface area contributed by atoms with E-state index in [4.69, 9.17) is 9.47 Å². The minimum Gasteiger partial charge on any atom is -0.497 e. The van der Waals surface area contributed by atoms with E-state index in [-0.39, 0.29) is 18.4 Å². The molecule has 2 N–H and O–H groups in total. The normalized spacial score (nSPS) is 12.6. The molecule has 4 rings (SSSR count). The third-order valence-corrected chi connectivity index (χ3v) is 4.74. The monoisotopic (exact) mass is 381 g/mol. The van der Waals surface area contributed by atoms with E-state index >= 15 is 0 Å². The molecule has 0 saturated carbocycles. The zero-order chi connectivity index (χ0) is 18.8. The molecule has 0 atom stereocenters. The molecule has 0 saturated heterocycles. The Balaban J connectivity index is 1.50. The number of carbonyl (C=O) groups excluding carboxylic acids is 2. The summed E-state index contributed by atoms with van der Waals surface area (Å²) in [5, 5.41) is 7.89. The van der Waals surface area contributed by atoms with Crippen molar-refractivity contribution in [2.24, 2.45) is 0 Å². The first-order valence-electron chi connectivity index (χ1n) is 8.10. The fourth-order valence-electron chi connectivity index (χ4n) is 2.62. The smallest absolute Gasteiger partial charge is 0.262 e. The van der Waals surface area contributed by atoms with E-state index in [1.165, 1.54) is 11.3 Å². The molecule has 0 unspecified atom stereocenters. The van der Waals surface area contributed by atoms with Crippen molar-refractivity contribution in [3.05, 3.63) is 53.4 Å². The van der Waals surface area contributed by atoms with Crippen LogP contribution in [0.25, 0.3) is 11.3 Å². The standard InChI is InChI=1S/C19H15N3O4S/c1-25-13-5-2-11(3-6-13)18(24)22-19-21-15(10-27-19)12-4-7-16-14(8-12)20-17(23)9-26-16/h2-8,10H,9H2,1H3,(H,20,23)(H,21,22,24). The van der Waals surface area contributed by atoms with E-state index in [0.717, 1.165) is 5.56 Å². The van der Waals surface area contributed by atoms with Gasteiger partial charge in [0.05, 0.1) is 18.5 Å². The number of nitrogens with zero attached hydrogens (tertiary/aromatic N) is 1. The van der Waals surface area contributed by atoms with Crippen LogP contribution in [-0.4, -0.2) is 30.5 Å². The molecule has 0 radical (unpaired) electrons. The number of hydrogen-bond acceptors (Lipinski definition) is 6. The maximum Gasteiger partial charge on any atom is 0.262 e. The number of amides is 2. The summed E-state index contributed by atoms with van der Waals surface area (Å²) in [6.45, 7) is 0.0184. The van der Waals surface area contributed by atoms with Crippen molar-refractivity contribution in [3.63, 3.8) is 0 Å². The van der Waals surface area contributed by atoms with Crippen LogP contribution in [0.1, 0.15) is 10.4 Å². The molecule has 1 aliphatic heterocycles. The van der Waals surface area contributed by atoms with Gasteiger partial charge in [0.25, 0.3) is 11.8 Å². The molecule has 2 heterocycles. The van der Waals surface area contributed by atoms with Gasteiger partial charge in [-0.1, -0.05) is 0 Å². The number of thiazole rings is 1. The molecule has 7 nitrogen and oxygen atoms in total. The minimum atomic E-state index is -0.246. The van der Waals surface area contributed by atoms with Crippen molar-refractivity contribution in [1.29, 1.82) is 0 Å². The van der Waals surface area contributed by atoms with Crippen LogP contribution in [-0.2, 0) is 4.79 Å². The Morgan fingerprint density at radius 3 is 2.85 bits per heavy atom. The maximum atomic E-state index is 12.3. The van der Waals surface area contributed by atoms with Crippen molar-refractivity contribution < 1.29 is 19.1 Å². The van der Waals surface area contributed by atoms with Crippen LogP contribution in [0.3, 0.4) is 0 Å². The summed E-state index contributed by atoms with van der Waals surface area (Å²) in [5.41, 5.74) is 2.65. The number of hydrogen-bond donors (Lipinski definition) is 2. The third-order valence-electron chi connectivity index (χ3n) is 3.99. The summed E-state index contributed by atoms with van der Waals surface area (Å²) < 4.78 is 10.4. The number of ether oxygens (including phenoxy) is 2. The average Bonchev–Trinajstić information content (AvgIpc) is 3.16. The number of benzene rings is 2. The summed E-state index contributed by atoms with van der Waals surface area (Å²) in [5.74, 6) is 0.878. The predicted molar refractivity (Wildman–Crippen MR) is 103 cm³/mol. The molecule has 0 bridgehead atoms. The summed E-state index contributed by atoms with van der Waals surface area (Å²) in [7, 11) is 1.57. The number of aromatic nitrogens is 1. The molecule has 8 heteroatoms. The first-order valence-corrected chi connectivity index (χ1v) is 8.98. The largest absolute Gasteiger partial charge is 0.497 e. The van der Waals surface area contributed by atoms with Gasteiger partial charge >= 0.3 is 0 Å². The molecule has 136 valence electrons. The van der Waals surface area contributed by atoms with Crippen LogP contribution in [0.4, 0.5) is 10.8 Å². The molecule has 1 aromatic heterocycles. The van der Waals surface area contributed by atoms with Crippen LogP contribution in [0, 0.1) is 0 Å². The topological polar surface area (TPSA) is 89.5 Å². The number of fused-ring (bicyclic) bond motifs is 1. The van der Waals surface area contributed by atoms with Crippen LogP contribution >= 0.6 is 11.3 Å². The van der Waals surface area contributed by atoms with Crippen LogP contribution < -0.4 is 20.1 Å². The summed E-state index contributed by atoms with van der Waals surface area (Å²) in [6, 6.07) is 12.3. The molecule has 2 amide bonds. The van der Waals surface area contributed by atoms with Gasteiger partial charge in [-0.3, -0.25) is 14.9 Å². The highest BCUT2D eigenvalue weighted by molar-refractivity contribution is 7.14. The highest BCUT2D eigenvalue weighted by Gasteiger charge is 2.17. The van der Waals surface area contributed by atoms with Gasteiger partial charge in [-0.25, -0.2) is 4.98 Å². The lowest BCUT2D eigenvalue weighted by Crippen LogP contribution is -2.25. The number of rotatable bonds is 4. The van der Waals surface area contributed by atoms with E-state index in [2.05, 4.69) is 15.6 Å². The zero-order valence-corrected chi connectivity index (χ0v) is 15.1. The van der Waals surface area contributed by atoms with E-state index < -0.39 is 0 Å². The maximum absolute atomic E-state index is 12.3. The Morgan fingerprint density at radius 2 is 2.07 bits per heavy atom. The third kappa shape index (κ3) is 3.61. The second-order valence-electron chi connectivity index (χ2n) is 5.77. The molecule has 0 fully saturated rings. The molecule has 27 heavy (non-hydrogen) atoms. The van der Waals surface area contributed by atoms with Gasteiger partial charge in [-0.15, -0.1) is 11.3 Å². The van der Waals surface area contributed by atoms with Gasteiger partial charge in [0, 0.05) is 16.5 Å². The van der Waals surface area contributed by atoms with Gasteiger partial charge < -0.3 is 14.8 Å². The second-order valence-corrected chi connectivity index (χ2v) is 6.63. The quantitative estimate of drug-likeness (QED) is 0.723.